The Labute approximate surface area is 123 Å². The highest BCUT2D eigenvalue weighted by molar-refractivity contribution is 9.10. The zero-order chi connectivity index (χ0) is 14.4. The Bertz CT molecular complexity index is 624. The second kappa shape index (κ2) is 6.91. The molecular weight excluding hydrogens is 331 g/mol. The Morgan fingerprint density at radius 1 is 1.30 bits per heavy atom. The Kier molecular flexibility index (Phi) is 4.96. The van der Waals surface area contributed by atoms with Gasteiger partial charge in [0.25, 0.3) is 5.88 Å². The van der Waals surface area contributed by atoms with Gasteiger partial charge in [-0.15, -0.1) is 0 Å². The number of rotatable bonds is 6. The van der Waals surface area contributed by atoms with Crippen molar-refractivity contribution in [3.8, 4) is 17.7 Å². The number of nitrogens with zero attached hydrogens (tertiary/aromatic N) is 2. The van der Waals surface area contributed by atoms with Crippen LogP contribution < -0.4 is 9.47 Å². The number of aromatic nitrogens is 1. The summed E-state index contributed by atoms with van der Waals surface area (Å²) in [4.78, 5) is 0. The third kappa shape index (κ3) is 3.96. The first-order chi connectivity index (χ1) is 9.69. The molecule has 0 aliphatic rings. The normalized spacial score (nSPS) is 10.1. The van der Waals surface area contributed by atoms with Crippen LogP contribution in [-0.2, 0) is 0 Å². The third-order valence-electron chi connectivity index (χ3n) is 2.29. The zero-order valence-corrected chi connectivity index (χ0v) is 11.9. The standard InChI is InChI=1S/C13H10BrFN2O3/c14-11-3-2-9(15)6-12(11)18-4-1-5-19-13-7-10(8-16)20-17-13/h2-3,6-7H,1,4-5H2. The van der Waals surface area contributed by atoms with E-state index in [1.165, 1.54) is 18.2 Å². The molecule has 1 aromatic heterocycles. The molecule has 0 amide bonds. The van der Waals surface area contributed by atoms with Crippen molar-refractivity contribution in [2.45, 2.75) is 6.42 Å². The maximum atomic E-state index is 13.0. The molecule has 5 nitrogen and oxygen atoms in total. The van der Waals surface area contributed by atoms with E-state index in [2.05, 4.69) is 25.6 Å². The zero-order valence-electron chi connectivity index (χ0n) is 10.3. The molecule has 0 saturated heterocycles. The largest absolute Gasteiger partial charge is 0.492 e. The lowest BCUT2D eigenvalue weighted by Gasteiger charge is -2.08. The first-order valence-electron chi connectivity index (χ1n) is 5.76. The van der Waals surface area contributed by atoms with E-state index >= 15 is 0 Å². The van der Waals surface area contributed by atoms with Gasteiger partial charge in [-0.1, -0.05) is 0 Å². The predicted molar refractivity (Wildman–Crippen MR) is 70.9 cm³/mol. The maximum absolute atomic E-state index is 13.0. The molecule has 0 fully saturated rings. The summed E-state index contributed by atoms with van der Waals surface area (Å²) in [7, 11) is 0. The van der Waals surface area contributed by atoms with Crippen molar-refractivity contribution in [3.63, 3.8) is 0 Å². The summed E-state index contributed by atoms with van der Waals surface area (Å²) >= 11 is 3.27. The summed E-state index contributed by atoms with van der Waals surface area (Å²) in [6.07, 6.45) is 0.581. The Morgan fingerprint density at radius 3 is 2.85 bits per heavy atom. The highest BCUT2D eigenvalue weighted by Crippen LogP contribution is 2.25. The van der Waals surface area contributed by atoms with E-state index in [-0.39, 0.29) is 17.5 Å². The van der Waals surface area contributed by atoms with Gasteiger partial charge in [0.15, 0.2) is 0 Å². The Balaban J connectivity index is 1.71. The number of halogens is 2. The van der Waals surface area contributed by atoms with Crippen molar-refractivity contribution >= 4 is 15.9 Å². The highest BCUT2D eigenvalue weighted by Gasteiger charge is 2.05. The van der Waals surface area contributed by atoms with Gasteiger partial charge in [-0.05, 0) is 33.2 Å². The van der Waals surface area contributed by atoms with E-state index in [4.69, 9.17) is 14.7 Å². The second-order valence-electron chi connectivity index (χ2n) is 3.77. The molecule has 0 aliphatic heterocycles. The van der Waals surface area contributed by atoms with Crippen LogP contribution in [0.3, 0.4) is 0 Å². The number of hydrogen-bond acceptors (Lipinski definition) is 5. The van der Waals surface area contributed by atoms with Crippen LogP contribution in [-0.4, -0.2) is 18.4 Å². The lowest BCUT2D eigenvalue weighted by atomic mass is 10.3. The van der Waals surface area contributed by atoms with Crippen LogP contribution in [0.4, 0.5) is 4.39 Å². The smallest absolute Gasteiger partial charge is 0.255 e. The van der Waals surface area contributed by atoms with E-state index in [1.807, 2.05) is 6.07 Å². The molecule has 0 spiro atoms. The van der Waals surface area contributed by atoms with Crippen LogP contribution in [0.5, 0.6) is 11.6 Å². The van der Waals surface area contributed by atoms with Crippen LogP contribution in [0.1, 0.15) is 12.2 Å². The van der Waals surface area contributed by atoms with E-state index in [0.717, 1.165) is 0 Å². The van der Waals surface area contributed by atoms with Gasteiger partial charge in [-0.25, -0.2) is 4.39 Å². The first-order valence-corrected chi connectivity index (χ1v) is 6.56. The molecule has 1 aromatic carbocycles. The second-order valence-corrected chi connectivity index (χ2v) is 4.62. The van der Waals surface area contributed by atoms with Crippen LogP contribution >= 0.6 is 15.9 Å². The summed E-state index contributed by atoms with van der Waals surface area (Å²) in [5, 5.41) is 12.1. The van der Waals surface area contributed by atoms with Crippen molar-refractivity contribution < 1.29 is 18.4 Å². The van der Waals surface area contributed by atoms with Crippen molar-refractivity contribution in [2.75, 3.05) is 13.2 Å². The number of benzene rings is 1. The van der Waals surface area contributed by atoms with Gasteiger partial charge in [-0.2, -0.15) is 5.26 Å². The van der Waals surface area contributed by atoms with Crippen LogP contribution in [0.2, 0.25) is 0 Å². The van der Waals surface area contributed by atoms with Gasteiger partial charge in [0, 0.05) is 12.5 Å². The number of ether oxygens (including phenoxy) is 2. The summed E-state index contributed by atoms with van der Waals surface area (Å²) in [5.41, 5.74) is 0. The van der Waals surface area contributed by atoms with Crippen molar-refractivity contribution in [1.29, 1.82) is 5.26 Å². The van der Waals surface area contributed by atoms with Gasteiger partial charge in [-0.3, -0.25) is 0 Å². The highest BCUT2D eigenvalue weighted by atomic mass is 79.9. The Morgan fingerprint density at radius 2 is 2.10 bits per heavy atom. The minimum absolute atomic E-state index is 0.0972. The summed E-state index contributed by atoms with van der Waals surface area (Å²) in [6.45, 7) is 0.718. The molecule has 2 rings (SSSR count). The summed E-state index contributed by atoms with van der Waals surface area (Å²) in [6, 6.07) is 7.45. The molecule has 0 radical (unpaired) electrons. The fourth-order valence-electron chi connectivity index (χ4n) is 1.39. The fraction of sp³-hybridized carbons (Fsp3) is 0.231. The molecule has 0 bridgehead atoms. The van der Waals surface area contributed by atoms with Crippen molar-refractivity contribution in [2.24, 2.45) is 0 Å². The SMILES string of the molecule is N#Cc1cc(OCCCOc2cc(F)ccc2Br)no1. The van der Waals surface area contributed by atoms with Gasteiger partial charge in [0.2, 0.25) is 5.76 Å². The topological polar surface area (TPSA) is 68.3 Å². The van der Waals surface area contributed by atoms with Crippen molar-refractivity contribution in [3.05, 3.63) is 40.3 Å². The minimum atomic E-state index is -0.355. The van der Waals surface area contributed by atoms with Crippen LogP contribution in [0, 0.1) is 17.1 Å². The quantitative estimate of drug-likeness (QED) is 0.754. The fourth-order valence-corrected chi connectivity index (χ4v) is 1.75. The minimum Gasteiger partial charge on any atom is -0.492 e. The lowest BCUT2D eigenvalue weighted by Crippen LogP contribution is -2.05. The first kappa shape index (κ1) is 14.3. The van der Waals surface area contributed by atoms with E-state index in [9.17, 15) is 4.39 Å². The summed E-state index contributed by atoms with van der Waals surface area (Å²) in [5.74, 6) is 0.442. The maximum Gasteiger partial charge on any atom is 0.255 e. The molecule has 1 heterocycles. The molecule has 0 unspecified atom stereocenters. The molecule has 0 N–H and O–H groups in total. The molecule has 0 atom stereocenters. The van der Waals surface area contributed by atoms with E-state index in [0.29, 0.717) is 29.9 Å². The van der Waals surface area contributed by atoms with E-state index in [1.54, 1.807) is 6.07 Å². The number of nitriles is 1. The molecule has 2 aromatic rings. The van der Waals surface area contributed by atoms with Crippen molar-refractivity contribution in [1.82, 2.24) is 5.16 Å². The van der Waals surface area contributed by atoms with E-state index < -0.39 is 0 Å². The van der Waals surface area contributed by atoms with Gasteiger partial charge < -0.3 is 14.0 Å². The van der Waals surface area contributed by atoms with Crippen LogP contribution in [0.25, 0.3) is 0 Å². The third-order valence-corrected chi connectivity index (χ3v) is 2.94. The monoisotopic (exact) mass is 340 g/mol. The molecule has 104 valence electrons. The van der Waals surface area contributed by atoms with Crippen LogP contribution in [0.15, 0.2) is 33.3 Å². The molecule has 20 heavy (non-hydrogen) atoms. The average molecular weight is 341 g/mol. The molecule has 7 heteroatoms. The van der Waals surface area contributed by atoms with Gasteiger partial charge >= 0.3 is 0 Å². The average Bonchev–Trinajstić information content (AvgIpc) is 2.90. The van der Waals surface area contributed by atoms with Gasteiger partial charge in [0.05, 0.1) is 23.8 Å². The van der Waals surface area contributed by atoms with Gasteiger partial charge in [0.1, 0.15) is 17.6 Å². The molecule has 0 aliphatic carbocycles. The predicted octanol–water partition coefficient (Wildman–Crippen LogP) is 3.30. The summed E-state index contributed by atoms with van der Waals surface area (Å²) < 4.78 is 29.0. The molecule has 0 saturated carbocycles. The number of hydrogen-bond donors (Lipinski definition) is 0. The Hall–Kier alpha value is -2.07. The lowest BCUT2D eigenvalue weighted by molar-refractivity contribution is 0.231. The molecular formula is C13H10BrFN2O3.